The molecule has 6 nitrogen and oxygen atoms in total. The van der Waals surface area contributed by atoms with Gasteiger partial charge in [-0.2, -0.15) is 0 Å². The van der Waals surface area contributed by atoms with E-state index in [-0.39, 0.29) is 30.8 Å². The van der Waals surface area contributed by atoms with Crippen LogP contribution in [0.5, 0.6) is 11.5 Å². The summed E-state index contributed by atoms with van der Waals surface area (Å²) >= 11 is 8.04. The van der Waals surface area contributed by atoms with Gasteiger partial charge in [0.25, 0.3) is 0 Å². The normalized spacial score (nSPS) is 14.6. The maximum Gasteiger partial charge on any atom is 0.247 e. The summed E-state index contributed by atoms with van der Waals surface area (Å²) in [5.41, 5.74) is 1.34. The van der Waals surface area contributed by atoms with Crippen LogP contribution in [0.2, 0.25) is 5.02 Å². The van der Waals surface area contributed by atoms with Gasteiger partial charge in [0, 0.05) is 28.0 Å². The van der Waals surface area contributed by atoms with Crippen molar-refractivity contribution in [2.45, 2.75) is 57.2 Å². The molecule has 3 aromatic rings. The van der Waals surface area contributed by atoms with Crippen LogP contribution in [0.4, 0.5) is 0 Å². The molecule has 1 atom stereocenters. The number of amides is 2. The van der Waals surface area contributed by atoms with Crippen molar-refractivity contribution in [1.82, 2.24) is 10.2 Å². The maximum atomic E-state index is 14.1. The number of rotatable bonds is 10. The van der Waals surface area contributed by atoms with Crippen molar-refractivity contribution in [3.63, 3.8) is 0 Å². The van der Waals surface area contributed by atoms with Crippen molar-refractivity contribution >= 4 is 34.8 Å². The molecule has 1 saturated carbocycles. The van der Waals surface area contributed by atoms with Crippen LogP contribution in [-0.4, -0.2) is 37.0 Å². The Kier molecular flexibility index (Phi) is 9.47. The molecule has 196 valence electrons. The highest BCUT2D eigenvalue weighted by Crippen LogP contribution is 2.38. The van der Waals surface area contributed by atoms with Crippen LogP contribution in [0.1, 0.15) is 54.1 Å². The fourth-order valence-corrected chi connectivity index (χ4v) is 5.79. The van der Waals surface area contributed by atoms with Gasteiger partial charge in [0.1, 0.15) is 6.04 Å². The second-order valence-corrected chi connectivity index (χ2v) is 10.6. The van der Waals surface area contributed by atoms with Gasteiger partial charge in [-0.05, 0) is 42.0 Å². The molecule has 1 fully saturated rings. The molecule has 0 aliphatic heterocycles. The summed E-state index contributed by atoms with van der Waals surface area (Å²) in [6, 6.07) is 15.8. The molecule has 1 heterocycles. The fourth-order valence-electron chi connectivity index (χ4n) is 4.90. The highest BCUT2D eigenvalue weighted by Gasteiger charge is 2.36. The van der Waals surface area contributed by atoms with E-state index in [4.69, 9.17) is 21.1 Å². The van der Waals surface area contributed by atoms with Crippen molar-refractivity contribution < 1.29 is 19.1 Å². The van der Waals surface area contributed by atoms with Gasteiger partial charge in [-0.3, -0.25) is 9.59 Å². The standard InChI is InChI=1S/C29H33ClN2O4S/c1-35-25-16-8-14-23(28(25)36-2)27(29(34)31-21-11-4-3-5-12-21)32(19-20-10-6-7-15-24(20)30)26(33)18-22-13-9-17-37-22/h6-10,13-17,21,27H,3-5,11-12,18-19H2,1-2H3,(H,31,34). The zero-order chi connectivity index (χ0) is 26.2. The molecule has 1 unspecified atom stereocenters. The minimum atomic E-state index is -0.935. The van der Waals surface area contributed by atoms with Crippen LogP contribution in [0.15, 0.2) is 60.0 Å². The quantitative estimate of drug-likeness (QED) is 0.333. The average molecular weight is 541 g/mol. The lowest BCUT2D eigenvalue weighted by Crippen LogP contribution is -2.47. The lowest BCUT2D eigenvalue weighted by atomic mass is 9.94. The van der Waals surface area contributed by atoms with Crippen LogP contribution in [0.3, 0.4) is 0 Å². The topological polar surface area (TPSA) is 67.9 Å². The fraction of sp³-hybridized carbons (Fsp3) is 0.379. The number of nitrogens with zero attached hydrogens (tertiary/aromatic N) is 1. The summed E-state index contributed by atoms with van der Waals surface area (Å²) < 4.78 is 11.3. The number of halogens is 1. The number of ether oxygens (including phenoxy) is 2. The lowest BCUT2D eigenvalue weighted by molar-refractivity contribution is -0.141. The van der Waals surface area contributed by atoms with E-state index >= 15 is 0 Å². The molecule has 2 aromatic carbocycles. The second kappa shape index (κ2) is 13.0. The first-order valence-electron chi connectivity index (χ1n) is 12.6. The minimum absolute atomic E-state index is 0.0786. The Bertz CT molecular complexity index is 1190. The first kappa shape index (κ1) is 27.0. The van der Waals surface area contributed by atoms with Gasteiger partial charge in [0.15, 0.2) is 11.5 Å². The molecule has 0 spiro atoms. The molecule has 0 saturated heterocycles. The summed E-state index contributed by atoms with van der Waals surface area (Å²) in [4.78, 5) is 30.6. The van der Waals surface area contributed by atoms with E-state index < -0.39 is 6.04 Å². The van der Waals surface area contributed by atoms with Crippen LogP contribution in [0, 0.1) is 0 Å². The molecule has 1 aliphatic carbocycles. The average Bonchev–Trinajstić information content (AvgIpc) is 3.42. The number of hydrogen-bond donors (Lipinski definition) is 1. The van der Waals surface area contributed by atoms with Crippen LogP contribution < -0.4 is 14.8 Å². The van der Waals surface area contributed by atoms with E-state index in [1.54, 1.807) is 31.3 Å². The third-order valence-electron chi connectivity index (χ3n) is 6.76. The van der Waals surface area contributed by atoms with Gasteiger partial charge in [0.2, 0.25) is 11.8 Å². The Hall–Kier alpha value is -3.03. The highest BCUT2D eigenvalue weighted by atomic mass is 35.5. The van der Waals surface area contributed by atoms with E-state index in [2.05, 4.69) is 5.32 Å². The number of para-hydroxylation sites is 1. The molecule has 1 aliphatic rings. The van der Waals surface area contributed by atoms with Crippen molar-refractivity contribution in [3.8, 4) is 11.5 Å². The smallest absolute Gasteiger partial charge is 0.247 e. The maximum absolute atomic E-state index is 14.1. The first-order chi connectivity index (χ1) is 18.0. The van der Waals surface area contributed by atoms with Crippen molar-refractivity contribution in [1.29, 1.82) is 0 Å². The van der Waals surface area contributed by atoms with E-state index in [0.717, 1.165) is 36.1 Å². The summed E-state index contributed by atoms with van der Waals surface area (Å²) in [6.45, 7) is 0.174. The molecule has 2 amide bonds. The van der Waals surface area contributed by atoms with Crippen LogP contribution >= 0.6 is 22.9 Å². The highest BCUT2D eigenvalue weighted by molar-refractivity contribution is 7.10. The molecular weight excluding hydrogens is 508 g/mol. The molecule has 1 aromatic heterocycles. The molecule has 4 rings (SSSR count). The number of carbonyl (C=O) groups excluding carboxylic acids is 2. The molecule has 0 bridgehead atoms. The van der Waals surface area contributed by atoms with Gasteiger partial charge in [-0.1, -0.05) is 67.3 Å². The van der Waals surface area contributed by atoms with Gasteiger partial charge < -0.3 is 19.7 Å². The van der Waals surface area contributed by atoms with Gasteiger partial charge in [-0.25, -0.2) is 0 Å². The second-order valence-electron chi connectivity index (χ2n) is 9.20. The third kappa shape index (κ3) is 6.65. The largest absolute Gasteiger partial charge is 0.493 e. The first-order valence-corrected chi connectivity index (χ1v) is 13.8. The number of benzene rings is 2. The molecule has 37 heavy (non-hydrogen) atoms. The SMILES string of the molecule is COc1cccc(C(C(=O)NC2CCCCC2)N(Cc2ccccc2Cl)C(=O)Cc2cccs2)c1OC. The lowest BCUT2D eigenvalue weighted by Gasteiger charge is -2.34. The Morgan fingerprint density at radius 3 is 2.49 bits per heavy atom. The number of hydrogen-bond acceptors (Lipinski definition) is 5. The predicted molar refractivity (Wildman–Crippen MR) is 147 cm³/mol. The molecular formula is C29H33ClN2O4S. The predicted octanol–water partition coefficient (Wildman–Crippen LogP) is 6.18. The number of methoxy groups -OCH3 is 2. The summed E-state index contributed by atoms with van der Waals surface area (Å²) in [5.74, 6) is 0.529. The molecule has 8 heteroatoms. The van der Waals surface area contributed by atoms with Crippen LogP contribution in [0.25, 0.3) is 0 Å². The Morgan fingerprint density at radius 1 is 1.03 bits per heavy atom. The Labute approximate surface area is 227 Å². The number of thiophene rings is 1. The number of nitrogens with one attached hydrogen (secondary N) is 1. The summed E-state index contributed by atoms with van der Waals surface area (Å²) in [7, 11) is 3.10. The summed E-state index contributed by atoms with van der Waals surface area (Å²) in [5, 5.41) is 5.73. The van der Waals surface area contributed by atoms with E-state index in [0.29, 0.717) is 22.1 Å². The molecule has 1 N–H and O–H groups in total. The van der Waals surface area contributed by atoms with Crippen LogP contribution in [-0.2, 0) is 22.6 Å². The van der Waals surface area contributed by atoms with Gasteiger partial charge >= 0.3 is 0 Å². The zero-order valence-electron chi connectivity index (χ0n) is 21.2. The molecule has 0 radical (unpaired) electrons. The van der Waals surface area contributed by atoms with E-state index in [1.165, 1.54) is 17.8 Å². The van der Waals surface area contributed by atoms with Crippen molar-refractivity contribution in [3.05, 3.63) is 81.0 Å². The summed E-state index contributed by atoms with van der Waals surface area (Å²) in [6.07, 6.45) is 5.39. The Morgan fingerprint density at radius 2 is 1.81 bits per heavy atom. The zero-order valence-corrected chi connectivity index (χ0v) is 22.8. The van der Waals surface area contributed by atoms with Gasteiger partial charge in [0.05, 0.1) is 20.6 Å². The minimum Gasteiger partial charge on any atom is -0.493 e. The van der Waals surface area contributed by atoms with Crippen molar-refractivity contribution in [2.24, 2.45) is 0 Å². The van der Waals surface area contributed by atoms with E-state index in [9.17, 15) is 9.59 Å². The van der Waals surface area contributed by atoms with E-state index in [1.807, 2.05) is 47.8 Å². The number of carbonyl (C=O) groups is 2. The van der Waals surface area contributed by atoms with Crippen molar-refractivity contribution in [2.75, 3.05) is 14.2 Å². The van der Waals surface area contributed by atoms with Gasteiger partial charge in [-0.15, -0.1) is 11.3 Å². The Balaban J connectivity index is 1.79. The third-order valence-corrected chi connectivity index (χ3v) is 8.01. The monoisotopic (exact) mass is 540 g/mol.